The second-order valence-electron chi connectivity index (χ2n) is 17.7. The Labute approximate surface area is 345 Å². The number of aliphatic hydroxyl groups is 1. The molecule has 0 unspecified atom stereocenters. The molecule has 6 rings (SSSR count). The van der Waals surface area contributed by atoms with Gasteiger partial charge in [-0.25, -0.2) is 9.59 Å². The monoisotopic (exact) mass is 799 g/mol. The van der Waals surface area contributed by atoms with Gasteiger partial charge in [0.25, 0.3) is 0 Å². The highest BCUT2D eigenvalue weighted by Crippen LogP contribution is 2.65. The van der Waals surface area contributed by atoms with Crippen LogP contribution in [0.15, 0.2) is 66.5 Å². The minimum atomic E-state index is -1.29. The van der Waals surface area contributed by atoms with Crippen molar-refractivity contribution in [2.45, 2.75) is 172 Å². The number of rotatable bonds is 20. The Morgan fingerprint density at radius 1 is 0.914 bits per heavy atom. The summed E-state index contributed by atoms with van der Waals surface area (Å²) in [5.41, 5.74) is -0.744. The molecule has 1 fully saturated rings. The predicted molar refractivity (Wildman–Crippen MR) is 223 cm³/mol. The number of hydrogen-bond donors (Lipinski definition) is 1. The Morgan fingerprint density at radius 2 is 1.59 bits per heavy atom. The van der Waals surface area contributed by atoms with Gasteiger partial charge in [0.2, 0.25) is 6.10 Å². The average molecular weight is 800 g/mol. The van der Waals surface area contributed by atoms with E-state index >= 15 is 0 Å². The molecule has 10 nitrogen and oxygen atoms in total. The van der Waals surface area contributed by atoms with Crippen LogP contribution in [0.4, 0.5) is 4.79 Å². The quantitative estimate of drug-likeness (QED) is 0.0456. The average Bonchev–Trinajstić information content (AvgIpc) is 3.54. The molecule has 58 heavy (non-hydrogen) atoms. The Hall–Kier alpha value is -4.15. The number of carbonyl (C=O) groups is 3. The van der Waals surface area contributed by atoms with Crippen LogP contribution in [0.2, 0.25) is 0 Å². The van der Waals surface area contributed by atoms with Crippen molar-refractivity contribution < 1.29 is 43.2 Å². The molecule has 2 aromatic carbocycles. The van der Waals surface area contributed by atoms with Crippen LogP contribution in [0.1, 0.15) is 153 Å². The van der Waals surface area contributed by atoms with E-state index in [0.717, 1.165) is 43.2 Å². The van der Waals surface area contributed by atoms with Gasteiger partial charge in [-0.05, 0) is 97.0 Å². The fourth-order valence-electron chi connectivity index (χ4n) is 9.45. The van der Waals surface area contributed by atoms with Crippen molar-refractivity contribution in [2.75, 3.05) is 13.6 Å². The lowest BCUT2D eigenvalue weighted by Gasteiger charge is -2.61. The number of hydrogen-bond acceptors (Lipinski definition) is 10. The number of unbranched alkanes of at least 4 members (excludes halogenated alkanes) is 11. The minimum absolute atomic E-state index is 0.175. The number of likely N-dealkylation sites (tertiary alicyclic amines) is 1. The molecular formula is C48H65NO9. The van der Waals surface area contributed by atoms with Crippen molar-refractivity contribution in [1.29, 1.82) is 0 Å². The second-order valence-corrected chi connectivity index (χ2v) is 17.7. The zero-order valence-corrected chi connectivity index (χ0v) is 35.4. The van der Waals surface area contributed by atoms with E-state index in [9.17, 15) is 19.5 Å². The lowest BCUT2D eigenvalue weighted by molar-refractivity contribution is -0.176. The Balaban J connectivity index is 1.08. The summed E-state index contributed by atoms with van der Waals surface area (Å²) < 4.78 is 29.9. The Bertz CT molecular complexity index is 1800. The molecule has 5 atom stereocenters. The van der Waals surface area contributed by atoms with Crippen molar-refractivity contribution in [3.8, 4) is 11.5 Å². The van der Waals surface area contributed by atoms with Crippen molar-refractivity contribution in [2.24, 2.45) is 0 Å². The summed E-state index contributed by atoms with van der Waals surface area (Å²) in [6, 6.07) is 12.3. The third-order valence-electron chi connectivity index (χ3n) is 12.3. The van der Waals surface area contributed by atoms with Crippen LogP contribution in [0.5, 0.6) is 11.5 Å². The summed E-state index contributed by atoms with van der Waals surface area (Å²) in [5.74, 6) is -0.460. The molecule has 2 bridgehead atoms. The van der Waals surface area contributed by atoms with Crippen LogP contribution < -0.4 is 9.47 Å². The van der Waals surface area contributed by atoms with Crippen molar-refractivity contribution in [3.05, 3.63) is 83.1 Å². The van der Waals surface area contributed by atoms with Gasteiger partial charge in [-0.3, -0.25) is 4.79 Å². The fraction of sp³-hybridized carbons (Fsp3) is 0.604. The lowest BCUT2D eigenvalue weighted by Crippen LogP contribution is -2.74. The molecule has 0 amide bonds. The maximum absolute atomic E-state index is 14.2. The largest absolute Gasteiger partial charge is 0.514 e. The van der Waals surface area contributed by atoms with Crippen LogP contribution >= 0.6 is 0 Å². The second kappa shape index (κ2) is 19.3. The van der Waals surface area contributed by atoms with Crippen LogP contribution in [-0.2, 0) is 35.6 Å². The Kier molecular flexibility index (Phi) is 14.4. The summed E-state index contributed by atoms with van der Waals surface area (Å²) >= 11 is 0. The number of benzene rings is 2. The summed E-state index contributed by atoms with van der Waals surface area (Å²) in [5, 5.41) is 12.7. The predicted octanol–water partition coefficient (Wildman–Crippen LogP) is 10.1. The topological polar surface area (TPSA) is 121 Å². The molecule has 316 valence electrons. The SMILES string of the molecule is CCCCCCCC/C=C\CCCCCCCC(=O)O[C@H](C(=O)OC1=CC[C@@]2(O)[C@@H]3Cc4ccc(OC(=O)OC(C)(C)C)c5c4[C@@]2(CCN3C)[C@H]1O5)c1ccccc1. The number of esters is 2. The zero-order valence-electron chi connectivity index (χ0n) is 35.4. The summed E-state index contributed by atoms with van der Waals surface area (Å²) in [4.78, 5) is 42.4. The van der Waals surface area contributed by atoms with Gasteiger partial charge in [-0.2, -0.15) is 0 Å². The van der Waals surface area contributed by atoms with E-state index in [2.05, 4.69) is 24.0 Å². The lowest BCUT2D eigenvalue weighted by atomic mass is 9.50. The first-order valence-corrected chi connectivity index (χ1v) is 21.9. The maximum Gasteiger partial charge on any atom is 0.514 e. The third-order valence-corrected chi connectivity index (χ3v) is 12.3. The summed E-state index contributed by atoms with van der Waals surface area (Å²) in [6.45, 7) is 8.19. The number of nitrogens with zero attached hydrogens (tertiary/aromatic N) is 1. The number of carbonyl (C=O) groups excluding carboxylic acids is 3. The summed E-state index contributed by atoms with van der Waals surface area (Å²) in [7, 11) is 2.02. The van der Waals surface area contributed by atoms with Gasteiger partial charge in [-0.1, -0.05) is 107 Å². The molecule has 0 aromatic heterocycles. The molecule has 1 saturated heterocycles. The smallest absolute Gasteiger partial charge is 0.477 e. The van der Waals surface area contributed by atoms with Gasteiger partial charge >= 0.3 is 18.1 Å². The van der Waals surface area contributed by atoms with E-state index in [4.69, 9.17) is 23.7 Å². The first kappa shape index (κ1) is 43.4. The van der Waals surface area contributed by atoms with Crippen molar-refractivity contribution in [1.82, 2.24) is 4.90 Å². The Morgan fingerprint density at radius 3 is 2.28 bits per heavy atom. The maximum atomic E-state index is 14.2. The van der Waals surface area contributed by atoms with Crippen molar-refractivity contribution in [3.63, 3.8) is 0 Å². The van der Waals surface area contributed by atoms with Gasteiger partial charge in [0.15, 0.2) is 17.6 Å². The van der Waals surface area contributed by atoms with Crippen LogP contribution in [0, 0.1) is 0 Å². The van der Waals surface area contributed by atoms with E-state index in [1.54, 1.807) is 57.2 Å². The highest BCUT2D eigenvalue weighted by Gasteiger charge is 2.72. The molecule has 0 radical (unpaired) electrons. The number of allylic oxidation sites excluding steroid dienone is 2. The molecule has 4 aliphatic rings. The van der Waals surface area contributed by atoms with Crippen LogP contribution in [0.3, 0.4) is 0 Å². The van der Waals surface area contributed by atoms with E-state index in [1.165, 1.54) is 44.9 Å². The number of ether oxygens (including phenoxy) is 5. The molecule has 1 N–H and O–H groups in total. The molecule has 1 spiro atoms. The molecule has 2 heterocycles. The highest BCUT2D eigenvalue weighted by atomic mass is 16.7. The number of piperidine rings is 1. The molecule has 2 aliphatic carbocycles. The van der Waals surface area contributed by atoms with Crippen LogP contribution in [0.25, 0.3) is 0 Å². The van der Waals surface area contributed by atoms with E-state index < -0.39 is 46.9 Å². The summed E-state index contributed by atoms with van der Waals surface area (Å²) in [6.07, 6.45) is 19.9. The van der Waals surface area contributed by atoms with Crippen molar-refractivity contribution >= 4 is 18.1 Å². The van der Waals surface area contributed by atoms with E-state index in [1.807, 2.05) is 19.2 Å². The number of likely N-dealkylation sites (N-methyl/N-ethyl adjacent to an activating group) is 1. The minimum Gasteiger partial charge on any atom is -0.477 e. The van der Waals surface area contributed by atoms with Gasteiger partial charge in [0.1, 0.15) is 11.4 Å². The normalized spacial score (nSPS) is 23.7. The van der Waals surface area contributed by atoms with Gasteiger partial charge in [0, 0.05) is 30.0 Å². The van der Waals surface area contributed by atoms with Crippen LogP contribution in [-0.4, -0.2) is 65.0 Å². The zero-order chi connectivity index (χ0) is 41.3. The molecular weight excluding hydrogens is 735 g/mol. The third kappa shape index (κ3) is 9.65. The first-order valence-electron chi connectivity index (χ1n) is 21.9. The van der Waals surface area contributed by atoms with Gasteiger partial charge in [-0.15, -0.1) is 0 Å². The fourth-order valence-corrected chi connectivity index (χ4v) is 9.45. The van der Waals surface area contributed by atoms with E-state index in [-0.39, 0.29) is 30.4 Å². The van der Waals surface area contributed by atoms with Gasteiger partial charge in [0.05, 0.1) is 11.0 Å². The van der Waals surface area contributed by atoms with E-state index in [0.29, 0.717) is 37.1 Å². The molecule has 10 heteroatoms. The standard InChI is InChI=1S/C48H65NO9/c1-6-7-8-9-10-11-12-13-14-15-16-17-18-19-23-26-39(50)56-41(34-24-21-20-22-25-34)44(51)54-37-29-30-48(53)38-33-35-27-28-36(55-45(52)58-46(2,3)4)42-40(35)47(48,43(37)57-42)31-32-49(38)5/h13-14,20-22,24-25,27-29,38,41,43,53H,6-12,15-19,23,26,30-33H2,1-5H3/b14-13-/t38-,41-,43-,47-,48+/m0/s1. The first-order chi connectivity index (χ1) is 27.9. The van der Waals surface area contributed by atoms with Gasteiger partial charge < -0.3 is 33.7 Å². The molecule has 2 aromatic rings. The molecule has 0 saturated carbocycles. The highest BCUT2D eigenvalue weighted by molar-refractivity contribution is 5.82. The molecule has 2 aliphatic heterocycles.